The van der Waals surface area contributed by atoms with Gasteiger partial charge >= 0.3 is 0 Å². The molecule has 1 saturated heterocycles. The van der Waals surface area contributed by atoms with E-state index >= 15 is 0 Å². The maximum atomic E-state index is 12.9. The molecule has 1 atom stereocenters. The lowest BCUT2D eigenvalue weighted by atomic mass is 10.0. The molecule has 22 heavy (non-hydrogen) atoms. The van der Waals surface area contributed by atoms with Crippen LogP contribution in [-0.4, -0.2) is 42.7 Å². The largest absolute Gasteiger partial charge is 0.342 e. The van der Waals surface area contributed by atoms with Crippen molar-refractivity contribution in [2.75, 3.05) is 25.9 Å². The molecule has 1 aromatic rings. The van der Waals surface area contributed by atoms with E-state index in [0.29, 0.717) is 6.04 Å². The molecule has 0 saturated carbocycles. The van der Waals surface area contributed by atoms with Crippen LogP contribution in [0.25, 0.3) is 0 Å². The Kier molecular flexibility index (Phi) is 8.21. The summed E-state index contributed by atoms with van der Waals surface area (Å²) in [4.78, 5) is 15.4. The van der Waals surface area contributed by atoms with Gasteiger partial charge in [0.15, 0.2) is 0 Å². The van der Waals surface area contributed by atoms with Gasteiger partial charge in [0.05, 0.1) is 0 Å². The molecule has 1 amide bonds. The van der Waals surface area contributed by atoms with Crippen molar-refractivity contribution in [1.29, 1.82) is 0 Å². The highest BCUT2D eigenvalue weighted by atomic mass is 35.5. The average molecular weight is 347 g/mol. The highest BCUT2D eigenvalue weighted by Gasteiger charge is 2.25. The average Bonchev–Trinajstić information content (AvgIpc) is 2.53. The van der Waals surface area contributed by atoms with Crippen LogP contribution in [0.4, 0.5) is 4.39 Å². The standard InChI is InChI=1S/C16H23FN2OS.ClH/c1-12(11-21-15-5-3-13(17)4-6-15)16(20)19(2)14-7-9-18-10-8-14;/h3-6,12,14,18H,7-11H2,1-2H3;1H. The van der Waals surface area contributed by atoms with Gasteiger partial charge in [0, 0.05) is 29.7 Å². The van der Waals surface area contributed by atoms with Gasteiger partial charge in [0.1, 0.15) is 5.82 Å². The lowest BCUT2D eigenvalue weighted by molar-refractivity contribution is -0.135. The Bertz CT molecular complexity index is 466. The Morgan fingerprint density at radius 2 is 1.95 bits per heavy atom. The summed E-state index contributed by atoms with van der Waals surface area (Å²) in [6, 6.07) is 6.78. The van der Waals surface area contributed by atoms with E-state index in [1.54, 1.807) is 23.9 Å². The van der Waals surface area contributed by atoms with Crippen molar-refractivity contribution in [3.05, 3.63) is 30.1 Å². The van der Waals surface area contributed by atoms with Gasteiger partial charge in [-0.2, -0.15) is 0 Å². The summed E-state index contributed by atoms with van der Waals surface area (Å²) >= 11 is 1.60. The fraction of sp³-hybridized carbons (Fsp3) is 0.562. The van der Waals surface area contributed by atoms with E-state index in [0.717, 1.165) is 36.6 Å². The van der Waals surface area contributed by atoms with Crippen molar-refractivity contribution in [2.45, 2.75) is 30.7 Å². The SMILES string of the molecule is CC(CSc1ccc(F)cc1)C(=O)N(C)C1CCNCC1.Cl. The maximum absolute atomic E-state index is 12.9. The van der Waals surface area contributed by atoms with Crippen LogP contribution < -0.4 is 5.32 Å². The number of thioether (sulfide) groups is 1. The Hall–Kier alpha value is -0.780. The van der Waals surface area contributed by atoms with E-state index < -0.39 is 0 Å². The minimum absolute atomic E-state index is 0. The number of carbonyl (C=O) groups excluding carboxylic acids is 1. The molecule has 1 aromatic carbocycles. The molecule has 0 radical (unpaired) electrons. The van der Waals surface area contributed by atoms with E-state index in [1.165, 1.54) is 12.1 Å². The number of halogens is 2. The molecular formula is C16H24ClFN2OS. The van der Waals surface area contributed by atoms with Crippen LogP contribution >= 0.6 is 24.2 Å². The predicted molar refractivity (Wildman–Crippen MR) is 92.2 cm³/mol. The van der Waals surface area contributed by atoms with E-state index in [1.807, 2.05) is 18.9 Å². The van der Waals surface area contributed by atoms with E-state index in [2.05, 4.69) is 5.32 Å². The number of nitrogens with zero attached hydrogens (tertiary/aromatic N) is 1. The molecule has 1 fully saturated rings. The second kappa shape index (κ2) is 9.38. The van der Waals surface area contributed by atoms with Crippen LogP contribution in [0, 0.1) is 11.7 Å². The summed E-state index contributed by atoms with van der Waals surface area (Å²) in [6.45, 7) is 3.94. The molecule has 1 N–H and O–H groups in total. The van der Waals surface area contributed by atoms with Gasteiger partial charge in [0.2, 0.25) is 5.91 Å². The molecule has 3 nitrogen and oxygen atoms in total. The Morgan fingerprint density at radius 3 is 2.55 bits per heavy atom. The minimum atomic E-state index is -0.228. The first-order chi connectivity index (χ1) is 10.1. The van der Waals surface area contributed by atoms with Crippen molar-refractivity contribution >= 4 is 30.1 Å². The molecule has 124 valence electrons. The molecule has 0 spiro atoms. The third-order valence-corrected chi connectivity index (χ3v) is 5.21. The fourth-order valence-electron chi connectivity index (χ4n) is 2.54. The summed E-state index contributed by atoms with van der Waals surface area (Å²) < 4.78 is 12.9. The fourth-order valence-corrected chi connectivity index (χ4v) is 3.46. The first kappa shape index (κ1) is 19.3. The van der Waals surface area contributed by atoms with E-state index in [9.17, 15) is 9.18 Å². The molecular weight excluding hydrogens is 323 g/mol. The van der Waals surface area contributed by atoms with Crippen LogP contribution in [0.3, 0.4) is 0 Å². The Balaban J connectivity index is 0.00000242. The van der Waals surface area contributed by atoms with Crippen molar-refractivity contribution in [2.24, 2.45) is 5.92 Å². The molecule has 0 bridgehead atoms. The molecule has 1 aliphatic heterocycles. The predicted octanol–water partition coefficient (Wildman–Crippen LogP) is 3.19. The Morgan fingerprint density at radius 1 is 1.36 bits per heavy atom. The van der Waals surface area contributed by atoms with Crippen LogP contribution in [0.1, 0.15) is 19.8 Å². The van der Waals surface area contributed by atoms with Gasteiger partial charge in [-0.25, -0.2) is 4.39 Å². The van der Waals surface area contributed by atoms with E-state index in [-0.39, 0.29) is 30.0 Å². The monoisotopic (exact) mass is 346 g/mol. The highest BCUT2D eigenvalue weighted by Crippen LogP contribution is 2.22. The smallest absolute Gasteiger partial charge is 0.226 e. The van der Waals surface area contributed by atoms with Crippen LogP contribution in [0.15, 0.2) is 29.2 Å². The van der Waals surface area contributed by atoms with Crippen LogP contribution in [0.2, 0.25) is 0 Å². The van der Waals surface area contributed by atoms with Gasteiger partial charge < -0.3 is 10.2 Å². The minimum Gasteiger partial charge on any atom is -0.342 e. The van der Waals surface area contributed by atoms with Gasteiger partial charge in [0.25, 0.3) is 0 Å². The van der Waals surface area contributed by atoms with Crippen LogP contribution in [-0.2, 0) is 4.79 Å². The lowest BCUT2D eigenvalue weighted by Gasteiger charge is -2.33. The normalized spacial score (nSPS) is 16.7. The van der Waals surface area contributed by atoms with Gasteiger partial charge in [-0.3, -0.25) is 4.79 Å². The summed E-state index contributed by atoms with van der Waals surface area (Å²) in [5.74, 6) is 0.672. The maximum Gasteiger partial charge on any atom is 0.226 e. The molecule has 1 unspecified atom stereocenters. The summed E-state index contributed by atoms with van der Waals surface area (Å²) in [7, 11) is 1.91. The molecule has 0 aliphatic carbocycles. The summed E-state index contributed by atoms with van der Waals surface area (Å²) in [6.07, 6.45) is 2.06. The zero-order valence-corrected chi connectivity index (χ0v) is 14.7. The first-order valence-corrected chi connectivity index (χ1v) is 8.42. The highest BCUT2D eigenvalue weighted by molar-refractivity contribution is 7.99. The molecule has 1 heterocycles. The third-order valence-electron chi connectivity index (χ3n) is 3.94. The van der Waals surface area contributed by atoms with Crippen molar-refractivity contribution in [1.82, 2.24) is 10.2 Å². The van der Waals surface area contributed by atoms with Gasteiger partial charge in [-0.1, -0.05) is 6.92 Å². The van der Waals surface area contributed by atoms with Gasteiger partial charge in [-0.05, 0) is 50.2 Å². The molecule has 0 aromatic heterocycles. The van der Waals surface area contributed by atoms with Crippen molar-refractivity contribution < 1.29 is 9.18 Å². The topological polar surface area (TPSA) is 32.3 Å². The first-order valence-electron chi connectivity index (χ1n) is 7.43. The number of rotatable bonds is 5. The molecule has 2 rings (SSSR count). The van der Waals surface area contributed by atoms with Gasteiger partial charge in [-0.15, -0.1) is 24.2 Å². The van der Waals surface area contributed by atoms with E-state index in [4.69, 9.17) is 0 Å². The number of nitrogens with one attached hydrogen (secondary N) is 1. The number of hydrogen-bond acceptors (Lipinski definition) is 3. The van der Waals surface area contributed by atoms with Crippen molar-refractivity contribution in [3.8, 4) is 0 Å². The Labute approximate surface area is 142 Å². The number of benzene rings is 1. The molecule has 1 aliphatic rings. The second-order valence-electron chi connectivity index (χ2n) is 5.60. The van der Waals surface area contributed by atoms with Crippen molar-refractivity contribution in [3.63, 3.8) is 0 Å². The number of carbonyl (C=O) groups is 1. The quantitative estimate of drug-likeness (QED) is 0.831. The number of piperidine rings is 1. The lowest BCUT2D eigenvalue weighted by Crippen LogP contribution is -2.46. The van der Waals surface area contributed by atoms with Crippen LogP contribution in [0.5, 0.6) is 0 Å². The second-order valence-corrected chi connectivity index (χ2v) is 6.69. The number of amides is 1. The zero-order valence-electron chi connectivity index (χ0n) is 13.0. The molecule has 6 heteroatoms. The zero-order chi connectivity index (χ0) is 15.2. The summed E-state index contributed by atoms with van der Waals surface area (Å²) in [5.41, 5.74) is 0. The number of hydrogen-bond donors (Lipinski definition) is 1. The third kappa shape index (κ3) is 5.45. The summed E-state index contributed by atoms with van der Waals surface area (Å²) in [5, 5.41) is 3.32.